The Hall–Kier alpha value is -2.21. The average molecular weight is 312 g/mol. The number of carbonyl (C=O) groups excluding carboxylic acids is 1. The zero-order valence-corrected chi connectivity index (χ0v) is 13.1. The van der Waals surface area contributed by atoms with E-state index in [4.69, 9.17) is 4.74 Å². The van der Waals surface area contributed by atoms with Gasteiger partial charge in [0.1, 0.15) is 5.69 Å². The van der Waals surface area contributed by atoms with E-state index in [1.54, 1.807) is 30.7 Å². The average Bonchev–Trinajstić information content (AvgIpc) is 3.28. The molecule has 6 heteroatoms. The fourth-order valence-corrected chi connectivity index (χ4v) is 3.16. The highest BCUT2D eigenvalue weighted by atomic mass is 16.5. The maximum Gasteiger partial charge on any atom is 0.254 e. The van der Waals surface area contributed by atoms with Gasteiger partial charge in [-0.3, -0.25) is 9.78 Å². The lowest BCUT2D eigenvalue weighted by Crippen LogP contribution is -2.49. The molecule has 1 saturated carbocycles. The summed E-state index contributed by atoms with van der Waals surface area (Å²) in [6.07, 6.45) is 7.80. The molecule has 0 spiro atoms. The Morgan fingerprint density at radius 3 is 2.91 bits per heavy atom. The molecule has 1 aliphatic carbocycles. The minimum absolute atomic E-state index is 0.0426. The molecule has 1 amide bonds. The minimum atomic E-state index is 0.0426. The molecule has 1 saturated heterocycles. The number of carbonyl (C=O) groups is 1. The Bertz CT molecular complexity index is 696. The van der Waals surface area contributed by atoms with E-state index in [1.807, 2.05) is 11.8 Å². The molecule has 4 rings (SSSR count). The molecule has 1 aliphatic heterocycles. The van der Waals surface area contributed by atoms with Crippen molar-refractivity contribution in [1.82, 2.24) is 19.9 Å². The van der Waals surface area contributed by atoms with Gasteiger partial charge in [-0.15, -0.1) is 0 Å². The SMILES string of the molecule is CC1CN(C(=O)c2ccnc(-c3ncc[nH]3)c2)CC(C2CC2)O1. The van der Waals surface area contributed by atoms with Crippen LogP contribution in [0, 0.1) is 5.92 Å². The number of rotatable bonds is 3. The van der Waals surface area contributed by atoms with E-state index in [1.165, 1.54) is 12.8 Å². The van der Waals surface area contributed by atoms with Crippen LogP contribution >= 0.6 is 0 Å². The van der Waals surface area contributed by atoms with Crippen LogP contribution in [0.4, 0.5) is 0 Å². The van der Waals surface area contributed by atoms with E-state index >= 15 is 0 Å². The predicted octanol–water partition coefficient (Wildman–Crippen LogP) is 2.11. The van der Waals surface area contributed by atoms with Gasteiger partial charge in [-0.1, -0.05) is 0 Å². The highest BCUT2D eigenvalue weighted by molar-refractivity contribution is 5.95. The molecule has 2 atom stereocenters. The van der Waals surface area contributed by atoms with E-state index in [9.17, 15) is 4.79 Å². The molecular weight excluding hydrogens is 292 g/mol. The number of imidazole rings is 1. The third kappa shape index (κ3) is 2.99. The first kappa shape index (κ1) is 14.4. The van der Waals surface area contributed by atoms with Crippen molar-refractivity contribution in [1.29, 1.82) is 0 Å². The lowest BCUT2D eigenvalue weighted by Gasteiger charge is -2.37. The summed E-state index contributed by atoms with van der Waals surface area (Å²) >= 11 is 0. The number of aromatic nitrogens is 3. The van der Waals surface area contributed by atoms with Gasteiger partial charge in [-0.05, 0) is 37.8 Å². The van der Waals surface area contributed by atoms with Crippen LogP contribution in [0.25, 0.3) is 11.5 Å². The molecule has 0 radical (unpaired) electrons. The second kappa shape index (κ2) is 5.77. The van der Waals surface area contributed by atoms with E-state index in [-0.39, 0.29) is 18.1 Å². The van der Waals surface area contributed by atoms with Gasteiger partial charge in [0.05, 0.1) is 12.2 Å². The van der Waals surface area contributed by atoms with Crippen molar-refractivity contribution in [3.05, 3.63) is 36.3 Å². The van der Waals surface area contributed by atoms with Crippen LogP contribution in [0.5, 0.6) is 0 Å². The van der Waals surface area contributed by atoms with Gasteiger partial charge < -0.3 is 14.6 Å². The summed E-state index contributed by atoms with van der Waals surface area (Å²) in [7, 11) is 0. The molecule has 120 valence electrons. The third-order valence-corrected chi connectivity index (χ3v) is 4.47. The lowest BCUT2D eigenvalue weighted by molar-refractivity contribution is -0.0761. The van der Waals surface area contributed by atoms with Crippen LogP contribution in [-0.2, 0) is 4.74 Å². The molecule has 2 aliphatic rings. The minimum Gasteiger partial charge on any atom is -0.371 e. The van der Waals surface area contributed by atoms with Crippen LogP contribution in [0.2, 0.25) is 0 Å². The van der Waals surface area contributed by atoms with E-state index in [0.717, 1.165) is 0 Å². The number of amides is 1. The van der Waals surface area contributed by atoms with Gasteiger partial charge >= 0.3 is 0 Å². The largest absolute Gasteiger partial charge is 0.371 e. The first-order valence-corrected chi connectivity index (χ1v) is 8.11. The van der Waals surface area contributed by atoms with Crippen molar-refractivity contribution in [2.24, 2.45) is 5.92 Å². The van der Waals surface area contributed by atoms with Gasteiger partial charge in [0.2, 0.25) is 0 Å². The maximum atomic E-state index is 12.9. The molecule has 2 unspecified atom stereocenters. The fourth-order valence-electron chi connectivity index (χ4n) is 3.16. The fraction of sp³-hybridized carbons (Fsp3) is 0.471. The molecule has 0 bridgehead atoms. The number of aromatic amines is 1. The quantitative estimate of drug-likeness (QED) is 0.942. The van der Waals surface area contributed by atoms with Crippen molar-refractivity contribution in [2.45, 2.75) is 32.0 Å². The Labute approximate surface area is 134 Å². The Balaban J connectivity index is 1.55. The number of hydrogen-bond donors (Lipinski definition) is 1. The molecule has 2 aromatic heterocycles. The van der Waals surface area contributed by atoms with E-state index < -0.39 is 0 Å². The summed E-state index contributed by atoms with van der Waals surface area (Å²) in [5.74, 6) is 1.34. The first-order valence-electron chi connectivity index (χ1n) is 8.11. The number of morpholine rings is 1. The maximum absolute atomic E-state index is 12.9. The van der Waals surface area contributed by atoms with Gasteiger partial charge in [0.15, 0.2) is 5.82 Å². The van der Waals surface area contributed by atoms with Crippen molar-refractivity contribution >= 4 is 5.91 Å². The number of ether oxygens (including phenoxy) is 1. The first-order chi connectivity index (χ1) is 11.2. The van der Waals surface area contributed by atoms with Crippen molar-refractivity contribution in [3.63, 3.8) is 0 Å². The standard InChI is InChI=1S/C17H20N4O2/c1-11-9-21(10-15(23-11)12-2-3-12)17(22)13-4-5-18-14(8-13)16-19-6-7-20-16/h4-8,11-12,15H,2-3,9-10H2,1H3,(H,19,20). The molecule has 2 fully saturated rings. The summed E-state index contributed by atoms with van der Waals surface area (Å²) in [5, 5.41) is 0. The van der Waals surface area contributed by atoms with Gasteiger partial charge in [-0.25, -0.2) is 4.98 Å². The zero-order valence-electron chi connectivity index (χ0n) is 13.1. The molecule has 1 N–H and O–H groups in total. The Kier molecular flexibility index (Phi) is 3.61. The number of hydrogen-bond acceptors (Lipinski definition) is 4. The number of H-pyrrole nitrogens is 1. The molecular formula is C17H20N4O2. The highest BCUT2D eigenvalue weighted by Gasteiger charge is 2.38. The van der Waals surface area contributed by atoms with Crippen LogP contribution < -0.4 is 0 Å². The lowest BCUT2D eigenvalue weighted by atomic mass is 10.1. The molecule has 2 aromatic rings. The summed E-state index contributed by atoms with van der Waals surface area (Å²) < 4.78 is 5.99. The number of nitrogens with one attached hydrogen (secondary N) is 1. The monoisotopic (exact) mass is 312 g/mol. The highest BCUT2D eigenvalue weighted by Crippen LogP contribution is 2.36. The Morgan fingerprint density at radius 1 is 1.30 bits per heavy atom. The zero-order chi connectivity index (χ0) is 15.8. The van der Waals surface area contributed by atoms with E-state index in [0.29, 0.717) is 36.1 Å². The summed E-state index contributed by atoms with van der Waals surface area (Å²) in [5.41, 5.74) is 1.33. The summed E-state index contributed by atoms with van der Waals surface area (Å²) in [4.78, 5) is 26.3. The Morgan fingerprint density at radius 2 is 2.17 bits per heavy atom. The summed E-state index contributed by atoms with van der Waals surface area (Å²) in [6, 6.07) is 3.56. The summed E-state index contributed by atoms with van der Waals surface area (Å²) in [6.45, 7) is 3.36. The van der Waals surface area contributed by atoms with Crippen LogP contribution in [0.3, 0.4) is 0 Å². The van der Waals surface area contributed by atoms with Gasteiger partial charge in [0.25, 0.3) is 5.91 Å². The van der Waals surface area contributed by atoms with Crippen molar-refractivity contribution in [2.75, 3.05) is 13.1 Å². The second-order valence-electron chi connectivity index (χ2n) is 6.40. The van der Waals surface area contributed by atoms with Crippen LogP contribution in [-0.4, -0.2) is 51.1 Å². The van der Waals surface area contributed by atoms with Gasteiger partial charge in [-0.2, -0.15) is 0 Å². The second-order valence-corrected chi connectivity index (χ2v) is 6.40. The number of nitrogens with zero attached hydrogens (tertiary/aromatic N) is 3. The molecule has 3 heterocycles. The smallest absolute Gasteiger partial charge is 0.254 e. The van der Waals surface area contributed by atoms with Crippen molar-refractivity contribution < 1.29 is 9.53 Å². The molecule has 0 aromatic carbocycles. The predicted molar refractivity (Wildman–Crippen MR) is 84.8 cm³/mol. The third-order valence-electron chi connectivity index (χ3n) is 4.47. The molecule has 6 nitrogen and oxygen atoms in total. The topological polar surface area (TPSA) is 71.1 Å². The normalized spacial score (nSPS) is 24.7. The van der Waals surface area contributed by atoms with E-state index in [2.05, 4.69) is 15.0 Å². The van der Waals surface area contributed by atoms with Crippen LogP contribution in [0.15, 0.2) is 30.7 Å². The molecule has 23 heavy (non-hydrogen) atoms. The van der Waals surface area contributed by atoms with Crippen LogP contribution in [0.1, 0.15) is 30.1 Å². The number of pyridine rings is 1. The van der Waals surface area contributed by atoms with Gasteiger partial charge in [0, 0.05) is 37.2 Å². The van der Waals surface area contributed by atoms with Crippen molar-refractivity contribution in [3.8, 4) is 11.5 Å².